The molecule has 0 fully saturated rings. The highest BCUT2D eigenvalue weighted by molar-refractivity contribution is 7.86. The summed E-state index contributed by atoms with van der Waals surface area (Å²) in [5.41, 5.74) is 0. The lowest BCUT2D eigenvalue weighted by Crippen LogP contribution is -2.20. The molecule has 0 aliphatic carbocycles. The van der Waals surface area contributed by atoms with Crippen molar-refractivity contribution >= 4 is 10.1 Å². The topological polar surface area (TPSA) is 43.4 Å². The van der Waals surface area contributed by atoms with E-state index < -0.39 is 10.1 Å². The van der Waals surface area contributed by atoms with Crippen molar-refractivity contribution in [3.05, 3.63) is 0 Å². The second kappa shape index (κ2) is 9.76. The number of hydrogen-bond acceptors (Lipinski definition) is 3. The highest BCUT2D eigenvalue weighted by Gasteiger charge is 2.18. The van der Waals surface area contributed by atoms with Gasteiger partial charge in [-0.3, -0.25) is 4.18 Å². The van der Waals surface area contributed by atoms with E-state index in [-0.39, 0.29) is 6.10 Å². The Balaban J connectivity index is 4.30. The predicted molar refractivity (Wildman–Crippen MR) is 81.7 cm³/mol. The summed E-state index contributed by atoms with van der Waals surface area (Å²) in [5, 5.41) is 0. The highest BCUT2D eigenvalue weighted by Crippen LogP contribution is 2.23. The van der Waals surface area contributed by atoms with Gasteiger partial charge in [0.1, 0.15) is 0 Å². The minimum Gasteiger partial charge on any atom is -0.267 e. The van der Waals surface area contributed by atoms with Crippen LogP contribution in [0.15, 0.2) is 0 Å². The minimum atomic E-state index is -3.34. The van der Waals surface area contributed by atoms with Gasteiger partial charge >= 0.3 is 0 Å². The van der Waals surface area contributed by atoms with Gasteiger partial charge in [0.2, 0.25) is 0 Å². The third kappa shape index (κ3) is 11.4. The Morgan fingerprint density at radius 3 is 2.11 bits per heavy atom. The highest BCUT2D eigenvalue weighted by atomic mass is 32.2. The van der Waals surface area contributed by atoms with Crippen molar-refractivity contribution < 1.29 is 12.6 Å². The summed E-state index contributed by atoms with van der Waals surface area (Å²) in [7, 11) is -3.34. The first-order valence-corrected chi connectivity index (χ1v) is 9.48. The quantitative estimate of drug-likeness (QED) is 0.531. The molecule has 0 aromatic heterocycles. The van der Waals surface area contributed by atoms with Gasteiger partial charge in [-0.05, 0) is 31.1 Å². The van der Waals surface area contributed by atoms with Gasteiger partial charge in [-0.1, -0.05) is 53.4 Å². The number of hydrogen-bond donors (Lipinski definition) is 0. The maximum Gasteiger partial charge on any atom is 0.264 e. The Kier molecular flexibility index (Phi) is 9.71. The standard InChI is InChI=1S/C15H32O3S/c1-6-8-9-14(7-2)10-11-15(12-13(3)4)18-19(5,16)17/h13-15H,6-12H2,1-5H3. The number of rotatable bonds is 11. The first-order chi connectivity index (χ1) is 8.78. The molecular weight excluding hydrogens is 260 g/mol. The molecule has 116 valence electrons. The average Bonchev–Trinajstić information content (AvgIpc) is 2.26. The Bertz CT molecular complexity index is 309. The first kappa shape index (κ1) is 18.9. The van der Waals surface area contributed by atoms with Gasteiger partial charge in [-0.15, -0.1) is 0 Å². The third-order valence-electron chi connectivity index (χ3n) is 3.49. The van der Waals surface area contributed by atoms with Gasteiger partial charge in [0, 0.05) is 0 Å². The molecule has 19 heavy (non-hydrogen) atoms. The van der Waals surface area contributed by atoms with Gasteiger partial charge in [-0.2, -0.15) is 8.42 Å². The van der Waals surface area contributed by atoms with Crippen LogP contribution in [-0.4, -0.2) is 20.8 Å². The van der Waals surface area contributed by atoms with E-state index in [0.29, 0.717) is 11.8 Å². The summed E-state index contributed by atoms with van der Waals surface area (Å²) >= 11 is 0. The third-order valence-corrected chi connectivity index (χ3v) is 4.11. The maximum atomic E-state index is 11.3. The molecule has 0 saturated heterocycles. The van der Waals surface area contributed by atoms with Crippen molar-refractivity contribution in [2.75, 3.05) is 6.26 Å². The number of unbranched alkanes of at least 4 members (excludes halogenated alkanes) is 1. The Labute approximate surface area is 120 Å². The van der Waals surface area contributed by atoms with Gasteiger partial charge < -0.3 is 0 Å². The predicted octanol–water partition coefficient (Wildman–Crippen LogP) is 4.37. The fourth-order valence-corrected chi connectivity index (χ4v) is 3.11. The summed E-state index contributed by atoms with van der Waals surface area (Å²) in [4.78, 5) is 0. The second-order valence-electron chi connectivity index (χ2n) is 6.05. The van der Waals surface area contributed by atoms with Gasteiger partial charge in [-0.25, -0.2) is 0 Å². The fourth-order valence-electron chi connectivity index (χ4n) is 2.45. The van der Waals surface area contributed by atoms with E-state index in [9.17, 15) is 8.42 Å². The molecule has 0 bridgehead atoms. The molecule has 0 amide bonds. The Morgan fingerprint density at radius 2 is 1.68 bits per heavy atom. The summed E-state index contributed by atoms with van der Waals surface area (Å²) in [6.45, 7) is 8.64. The zero-order valence-electron chi connectivity index (χ0n) is 13.3. The lowest BCUT2D eigenvalue weighted by molar-refractivity contribution is 0.161. The Morgan fingerprint density at radius 1 is 1.05 bits per heavy atom. The van der Waals surface area contributed by atoms with E-state index in [0.717, 1.165) is 25.5 Å². The molecule has 0 aliphatic rings. The maximum absolute atomic E-state index is 11.3. The van der Waals surface area contributed by atoms with Crippen LogP contribution in [0, 0.1) is 11.8 Å². The molecule has 0 aromatic rings. The molecule has 0 saturated carbocycles. The fraction of sp³-hybridized carbons (Fsp3) is 1.00. The van der Waals surface area contributed by atoms with E-state index in [2.05, 4.69) is 27.7 Å². The van der Waals surface area contributed by atoms with E-state index >= 15 is 0 Å². The molecule has 0 radical (unpaired) electrons. The van der Waals surface area contributed by atoms with E-state index in [1.165, 1.54) is 25.7 Å². The summed E-state index contributed by atoms with van der Waals surface area (Å²) in [6.07, 6.45) is 8.66. The molecule has 3 nitrogen and oxygen atoms in total. The van der Waals surface area contributed by atoms with Crippen molar-refractivity contribution in [1.29, 1.82) is 0 Å². The monoisotopic (exact) mass is 292 g/mol. The summed E-state index contributed by atoms with van der Waals surface area (Å²) < 4.78 is 27.8. The van der Waals surface area contributed by atoms with Crippen molar-refractivity contribution in [2.45, 2.75) is 78.7 Å². The lowest BCUT2D eigenvalue weighted by Gasteiger charge is -2.21. The van der Waals surface area contributed by atoms with E-state index in [4.69, 9.17) is 4.18 Å². The molecular formula is C15H32O3S. The molecule has 0 aromatic carbocycles. The van der Waals surface area contributed by atoms with Crippen LogP contribution in [0.2, 0.25) is 0 Å². The van der Waals surface area contributed by atoms with Crippen molar-refractivity contribution in [2.24, 2.45) is 11.8 Å². The van der Waals surface area contributed by atoms with E-state index in [1.807, 2.05) is 0 Å². The molecule has 0 heterocycles. The Hall–Kier alpha value is -0.0900. The molecule has 0 N–H and O–H groups in total. The summed E-state index contributed by atoms with van der Waals surface area (Å²) in [6, 6.07) is 0. The van der Waals surface area contributed by atoms with Crippen molar-refractivity contribution in [3.8, 4) is 0 Å². The molecule has 2 unspecified atom stereocenters. The first-order valence-electron chi connectivity index (χ1n) is 7.66. The van der Waals surface area contributed by atoms with Crippen LogP contribution >= 0.6 is 0 Å². The smallest absolute Gasteiger partial charge is 0.264 e. The van der Waals surface area contributed by atoms with E-state index in [1.54, 1.807) is 0 Å². The van der Waals surface area contributed by atoms with Crippen LogP contribution in [0.3, 0.4) is 0 Å². The van der Waals surface area contributed by atoms with Crippen molar-refractivity contribution in [1.82, 2.24) is 0 Å². The normalized spacial score (nSPS) is 15.7. The zero-order valence-corrected chi connectivity index (χ0v) is 14.1. The van der Waals surface area contributed by atoms with Crippen LogP contribution in [0.1, 0.15) is 72.6 Å². The molecule has 4 heteroatoms. The van der Waals surface area contributed by atoms with Crippen molar-refractivity contribution in [3.63, 3.8) is 0 Å². The average molecular weight is 292 g/mol. The largest absolute Gasteiger partial charge is 0.267 e. The SMILES string of the molecule is CCCCC(CC)CCC(CC(C)C)OS(C)(=O)=O. The van der Waals surface area contributed by atoms with Gasteiger partial charge in [0.15, 0.2) is 0 Å². The molecule has 0 rings (SSSR count). The minimum absolute atomic E-state index is 0.148. The molecule has 2 atom stereocenters. The molecule has 0 aliphatic heterocycles. The van der Waals surface area contributed by atoms with Crippen LogP contribution in [0.5, 0.6) is 0 Å². The van der Waals surface area contributed by atoms with Crippen LogP contribution < -0.4 is 0 Å². The molecule has 0 spiro atoms. The van der Waals surface area contributed by atoms with Gasteiger partial charge in [0.25, 0.3) is 10.1 Å². The zero-order chi connectivity index (χ0) is 14.9. The van der Waals surface area contributed by atoms with Crippen LogP contribution in [-0.2, 0) is 14.3 Å². The van der Waals surface area contributed by atoms with Gasteiger partial charge in [0.05, 0.1) is 12.4 Å². The second-order valence-corrected chi connectivity index (χ2v) is 7.65. The summed E-state index contributed by atoms with van der Waals surface area (Å²) in [5.74, 6) is 1.17. The van der Waals surface area contributed by atoms with Crippen LogP contribution in [0.4, 0.5) is 0 Å². The van der Waals surface area contributed by atoms with Crippen LogP contribution in [0.25, 0.3) is 0 Å². The lowest BCUT2D eigenvalue weighted by atomic mass is 9.91.